The molecule has 1 heteroatoms. The molecule has 2 aliphatic carbocycles. The Labute approximate surface area is 68.1 Å². The molecule has 2 rings (SSSR count). The number of allylic oxidation sites excluding steroid dienone is 2. The van der Waals surface area contributed by atoms with Gasteiger partial charge >= 0.3 is 0 Å². The van der Waals surface area contributed by atoms with Gasteiger partial charge in [0.1, 0.15) is 0 Å². The zero-order valence-corrected chi connectivity index (χ0v) is 7.27. The van der Waals surface area contributed by atoms with E-state index in [2.05, 4.69) is 25.6 Å². The Kier molecular flexibility index (Phi) is 1.56. The van der Waals surface area contributed by atoms with E-state index in [-0.39, 0.29) is 0 Å². The SMILES string of the molecule is CC1CC2=CC(CS)CC21. The number of hydrogen-bond acceptors (Lipinski definition) is 1. The summed E-state index contributed by atoms with van der Waals surface area (Å²) in [4.78, 5) is 0. The van der Waals surface area contributed by atoms with Gasteiger partial charge in [-0.2, -0.15) is 12.6 Å². The number of fused-ring (bicyclic) bond motifs is 1. The molecule has 3 unspecified atom stereocenters. The summed E-state index contributed by atoms with van der Waals surface area (Å²) in [5, 5.41) is 0. The minimum Gasteiger partial charge on any atom is -0.179 e. The fourth-order valence-corrected chi connectivity index (χ4v) is 2.52. The van der Waals surface area contributed by atoms with E-state index >= 15 is 0 Å². The van der Waals surface area contributed by atoms with Crippen molar-refractivity contribution in [2.75, 3.05) is 5.75 Å². The van der Waals surface area contributed by atoms with Gasteiger partial charge in [0, 0.05) is 0 Å². The Morgan fingerprint density at radius 2 is 2.50 bits per heavy atom. The normalized spacial score (nSPS) is 44.2. The Bertz CT molecular complexity index is 172. The van der Waals surface area contributed by atoms with Crippen LogP contribution in [-0.4, -0.2) is 5.75 Å². The molecule has 1 saturated carbocycles. The summed E-state index contributed by atoms with van der Waals surface area (Å²) in [6.07, 6.45) is 5.21. The van der Waals surface area contributed by atoms with Crippen molar-refractivity contribution >= 4 is 12.6 Å². The van der Waals surface area contributed by atoms with E-state index in [1.165, 1.54) is 12.8 Å². The lowest BCUT2D eigenvalue weighted by atomic mass is 9.72. The summed E-state index contributed by atoms with van der Waals surface area (Å²) < 4.78 is 0. The molecule has 0 aromatic heterocycles. The first-order valence-electron chi connectivity index (χ1n) is 4.12. The fourth-order valence-electron chi connectivity index (χ4n) is 2.27. The molecule has 2 aliphatic rings. The van der Waals surface area contributed by atoms with Gasteiger partial charge in [0.15, 0.2) is 0 Å². The van der Waals surface area contributed by atoms with Crippen LogP contribution in [0, 0.1) is 17.8 Å². The van der Waals surface area contributed by atoms with E-state index in [1.807, 2.05) is 0 Å². The van der Waals surface area contributed by atoms with Gasteiger partial charge < -0.3 is 0 Å². The van der Waals surface area contributed by atoms with Crippen LogP contribution in [0.4, 0.5) is 0 Å². The first kappa shape index (κ1) is 6.78. The fraction of sp³-hybridized carbons (Fsp3) is 0.778. The average Bonchev–Trinajstić information content (AvgIpc) is 2.26. The monoisotopic (exact) mass is 154 g/mol. The van der Waals surface area contributed by atoms with Gasteiger partial charge in [0.05, 0.1) is 0 Å². The van der Waals surface area contributed by atoms with E-state index in [9.17, 15) is 0 Å². The third-order valence-corrected chi connectivity index (χ3v) is 3.43. The summed E-state index contributed by atoms with van der Waals surface area (Å²) in [6, 6.07) is 0. The molecular weight excluding hydrogens is 140 g/mol. The van der Waals surface area contributed by atoms with Crippen LogP contribution in [-0.2, 0) is 0 Å². The van der Waals surface area contributed by atoms with Gasteiger partial charge in [-0.3, -0.25) is 0 Å². The topological polar surface area (TPSA) is 0 Å². The zero-order chi connectivity index (χ0) is 7.14. The van der Waals surface area contributed by atoms with Crippen LogP contribution in [0.5, 0.6) is 0 Å². The van der Waals surface area contributed by atoms with Crippen molar-refractivity contribution in [2.45, 2.75) is 19.8 Å². The maximum Gasteiger partial charge on any atom is -0.00345 e. The van der Waals surface area contributed by atoms with Gasteiger partial charge in [-0.05, 0) is 36.3 Å². The molecule has 0 radical (unpaired) electrons. The molecule has 10 heavy (non-hydrogen) atoms. The molecular formula is C9H14S. The predicted octanol–water partition coefficient (Wildman–Crippen LogP) is 2.52. The number of thiol groups is 1. The van der Waals surface area contributed by atoms with Crippen molar-refractivity contribution in [3.8, 4) is 0 Å². The molecule has 0 aliphatic heterocycles. The highest BCUT2D eigenvalue weighted by atomic mass is 32.1. The molecule has 0 amide bonds. The predicted molar refractivity (Wildman–Crippen MR) is 47.3 cm³/mol. The Morgan fingerprint density at radius 1 is 1.70 bits per heavy atom. The van der Waals surface area contributed by atoms with Gasteiger partial charge in [-0.15, -0.1) is 0 Å². The van der Waals surface area contributed by atoms with Crippen LogP contribution < -0.4 is 0 Å². The second kappa shape index (κ2) is 2.30. The molecule has 0 heterocycles. The second-order valence-electron chi connectivity index (χ2n) is 3.71. The van der Waals surface area contributed by atoms with E-state index in [4.69, 9.17) is 0 Å². The second-order valence-corrected chi connectivity index (χ2v) is 4.07. The molecule has 0 nitrogen and oxygen atoms in total. The van der Waals surface area contributed by atoms with Crippen LogP contribution in [0.3, 0.4) is 0 Å². The number of hydrogen-bond donors (Lipinski definition) is 1. The zero-order valence-electron chi connectivity index (χ0n) is 6.38. The van der Waals surface area contributed by atoms with Crippen molar-refractivity contribution in [3.63, 3.8) is 0 Å². The minimum atomic E-state index is 0.799. The quantitative estimate of drug-likeness (QED) is 0.435. The van der Waals surface area contributed by atoms with Gasteiger partial charge in [0.2, 0.25) is 0 Å². The molecule has 1 fully saturated rings. The first-order valence-corrected chi connectivity index (χ1v) is 4.76. The molecule has 0 bridgehead atoms. The van der Waals surface area contributed by atoms with Crippen molar-refractivity contribution in [3.05, 3.63) is 11.6 Å². The Hall–Kier alpha value is 0.0900. The summed E-state index contributed by atoms with van der Waals surface area (Å²) >= 11 is 4.31. The Balaban J connectivity index is 2.04. The largest absolute Gasteiger partial charge is 0.179 e. The molecule has 56 valence electrons. The van der Waals surface area contributed by atoms with E-state index in [0.717, 1.165) is 23.5 Å². The molecule has 0 saturated heterocycles. The summed E-state index contributed by atoms with van der Waals surface area (Å²) in [7, 11) is 0. The molecule has 0 aromatic carbocycles. The van der Waals surface area contributed by atoms with E-state index < -0.39 is 0 Å². The lowest BCUT2D eigenvalue weighted by Gasteiger charge is -2.33. The van der Waals surface area contributed by atoms with Gasteiger partial charge in [-0.25, -0.2) is 0 Å². The lowest BCUT2D eigenvalue weighted by molar-refractivity contribution is 0.293. The minimum absolute atomic E-state index is 0.799. The van der Waals surface area contributed by atoms with Crippen LogP contribution in [0.2, 0.25) is 0 Å². The molecule has 0 spiro atoms. The van der Waals surface area contributed by atoms with Crippen LogP contribution in [0.25, 0.3) is 0 Å². The summed E-state index contributed by atoms with van der Waals surface area (Å²) in [5.74, 6) is 3.77. The van der Waals surface area contributed by atoms with Gasteiger partial charge in [-0.1, -0.05) is 18.6 Å². The Morgan fingerprint density at radius 3 is 3.00 bits per heavy atom. The van der Waals surface area contributed by atoms with E-state index in [0.29, 0.717) is 0 Å². The number of rotatable bonds is 1. The third-order valence-electron chi connectivity index (χ3n) is 2.96. The molecule has 0 aromatic rings. The summed E-state index contributed by atoms with van der Waals surface area (Å²) in [5.41, 5.74) is 1.73. The smallest absolute Gasteiger partial charge is 0.00345 e. The van der Waals surface area contributed by atoms with Crippen molar-refractivity contribution in [2.24, 2.45) is 17.8 Å². The van der Waals surface area contributed by atoms with Gasteiger partial charge in [0.25, 0.3) is 0 Å². The maximum atomic E-state index is 4.31. The maximum absolute atomic E-state index is 4.31. The van der Waals surface area contributed by atoms with Crippen molar-refractivity contribution in [1.82, 2.24) is 0 Å². The van der Waals surface area contributed by atoms with Crippen molar-refractivity contribution < 1.29 is 0 Å². The van der Waals surface area contributed by atoms with Crippen LogP contribution in [0.15, 0.2) is 11.6 Å². The first-order chi connectivity index (χ1) is 4.81. The van der Waals surface area contributed by atoms with E-state index in [1.54, 1.807) is 5.57 Å². The average molecular weight is 154 g/mol. The third kappa shape index (κ3) is 0.833. The lowest BCUT2D eigenvalue weighted by Crippen LogP contribution is -2.23. The highest BCUT2D eigenvalue weighted by molar-refractivity contribution is 7.80. The standard InChI is InChI=1S/C9H14S/c1-6-2-8-3-7(5-10)4-9(6)8/h3,6-7,9-10H,2,4-5H2,1H3. The highest BCUT2D eigenvalue weighted by Crippen LogP contribution is 2.48. The van der Waals surface area contributed by atoms with Crippen LogP contribution >= 0.6 is 12.6 Å². The highest BCUT2D eigenvalue weighted by Gasteiger charge is 2.37. The summed E-state index contributed by atoms with van der Waals surface area (Å²) in [6.45, 7) is 2.36. The molecule has 3 atom stereocenters. The van der Waals surface area contributed by atoms with Crippen LogP contribution in [0.1, 0.15) is 19.8 Å². The van der Waals surface area contributed by atoms with Crippen molar-refractivity contribution in [1.29, 1.82) is 0 Å². The molecule has 0 N–H and O–H groups in total.